The SMILES string of the molecule is N#Cc1ccc(N2CC[C@@H]3CN(C(=O)C4CCCC4)C[C@]3(CO)C2)cc1C(F)(F)F. The lowest BCUT2D eigenvalue weighted by molar-refractivity contribution is -0.138. The van der Waals surface area contributed by atoms with Crippen LogP contribution in [0.25, 0.3) is 0 Å². The summed E-state index contributed by atoms with van der Waals surface area (Å²) < 4.78 is 40.1. The molecular weight excluding hydrogens is 395 g/mol. The van der Waals surface area contributed by atoms with Gasteiger partial charge in [0.25, 0.3) is 0 Å². The zero-order valence-electron chi connectivity index (χ0n) is 16.8. The largest absolute Gasteiger partial charge is 0.417 e. The van der Waals surface area contributed by atoms with Crippen LogP contribution in [0.4, 0.5) is 18.9 Å². The maximum Gasteiger partial charge on any atom is 0.417 e. The van der Waals surface area contributed by atoms with Crippen LogP contribution in [0.15, 0.2) is 18.2 Å². The maximum atomic E-state index is 13.4. The van der Waals surface area contributed by atoms with Crippen molar-refractivity contribution < 1.29 is 23.1 Å². The van der Waals surface area contributed by atoms with Crippen molar-refractivity contribution in [2.45, 2.75) is 38.3 Å². The molecule has 4 rings (SSSR count). The van der Waals surface area contributed by atoms with Crippen molar-refractivity contribution in [3.05, 3.63) is 29.3 Å². The standard InChI is InChI=1S/C22H26F3N3O2/c23-22(24,25)19-9-18(6-5-16(19)10-26)27-8-7-17-11-28(13-21(17,12-27)14-29)20(30)15-3-1-2-4-15/h5-6,9,15,17,29H,1-4,7-8,11-14H2/t17-,21+/m1/s1. The molecule has 3 fully saturated rings. The number of hydrogen-bond acceptors (Lipinski definition) is 4. The third-order valence-corrected chi connectivity index (χ3v) is 7.19. The lowest BCUT2D eigenvalue weighted by atomic mass is 9.74. The van der Waals surface area contributed by atoms with Gasteiger partial charge in [0.15, 0.2) is 0 Å². The van der Waals surface area contributed by atoms with E-state index in [9.17, 15) is 23.1 Å². The lowest BCUT2D eigenvalue weighted by Crippen LogP contribution is -2.51. The number of carbonyl (C=O) groups excluding carboxylic acids is 1. The van der Waals surface area contributed by atoms with Gasteiger partial charge in [-0.3, -0.25) is 4.79 Å². The van der Waals surface area contributed by atoms with Gasteiger partial charge in [-0.05, 0) is 43.4 Å². The quantitative estimate of drug-likeness (QED) is 0.812. The van der Waals surface area contributed by atoms with Crippen LogP contribution in [0.3, 0.4) is 0 Å². The third kappa shape index (κ3) is 3.64. The van der Waals surface area contributed by atoms with Crippen LogP contribution in [-0.4, -0.2) is 48.7 Å². The Hall–Kier alpha value is -2.27. The maximum absolute atomic E-state index is 13.4. The molecule has 1 N–H and O–H groups in total. The second-order valence-corrected chi connectivity index (χ2v) is 8.97. The molecule has 2 aliphatic heterocycles. The summed E-state index contributed by atoms with van der Waals surface area (Å²) in [4.78, 5) is 16.6. The number of benzene rings is 1. The van der Waals surface area contributed by atoms with Crippen LogP contribution in [0.2, 0.25) is 0 Å². The van der Waals surface area contributed by atoms with Gasteiger partial charge in [0.2, 0.25) is 5.91 Å². The summed E-state index contributed by atoms with van der Waals surface area (Å²) >= 11 is 0. The summed E-state index contributed by atoms with van der Waals surface area (Å²) in [5.74, 6) is 0.383. The van der Waals surface area contributed by atoms with Crippen LogP contribution >= 0.6 is 0 Å². The fourth-order valence-corrected chi connectivity index (χ4v) is 5.49. The Balaban J connectivity index is 1.56. The van der Waals surface area contributed by atoms with Crippen molar-refractivity contribution in [2.24, 2.45) is 17.3 Å². The van der Waals surface area contributed by atoms with E-state index < -0.39 is 22.7 Å². The number of nitrogens with zero attached hydrogens (tertiary/aromatic N) is 3. The average molecular weight is 421 g/mol. The molecule has 1 saturated carbocycles. The highest BCUT2D eigenvalue weighted by molar-refractivity contribution is 5.79. The molecule has 0 spiro atoms. The normalized spacial score (nSPS) is 27.2. The Morgan fingerprint density at radius 2 is 1.97 bits per heavy atom. The lowest BCUT2D eigenvalue weighted by Gasteiger charge is -2.44. The molecule has 3 aliphatic rings. The van der Waals surface area contributed by atoms with E-state index in [1.807, 2.05) is 9.80 Å². The monoisotopic (exact) mass is 421 g/mol. The van der Waals surface area contributed by atoms with E-state index in [0.29, 0.717) is 38.3 Å². The molecule has 2 heterocycles. The number of aliphatic hydroxyl groups is 1. The van der Waals surface area contributed by atoms with E-state index >= 15 is 0 Å². The molecular formula is C22H26F3N3O2. The number of alkyl halides is 3. The van der Waals surface area contributed by atoms with Crippen LogP contribution in [0.5, 0.6) is 0 Å². The highest BCUT2D eigenvalue weighted by Gasteiger charge is 2.51. The topological polar surface area (TPSA) is 67.6 Å². The number of nitriles is 1. The van der Waals surface area contributed by atoms with Gasteiger partial charge in [-0.2, -0.15) is 18.4 Å². The summed E-state index contributed by atoms with van der Waals surface area (Å²) in [6.45, 7) is 1.91. The van der Waals surface area contributed by atoms with Crippen LogP contribution in [0, 0.1) is 28.6 Å². The number of rotatable bonds is 3. The van der Waals surface area contributed by atoms with Gasteiger partial charge in [-0.15, -0.1) is 0 Å². The molecule has 162 valence electrons. The summed E-state index contributed by atoms with van der Waals surface area (Å²) in [6, 6.07) is 5.38. The molecule has 0 bridgehead atoms. The Labute approximate surface area is 174 Å². The molecule has 2 atom stereocenters. The van der Waals surface area contributed by atoms with E-state index in [4.69, 9.17) is 5.26 Å². The molecule has 1 aromatic rings. The van der Waals surface area contributed by atoms with Gasteiger partial charge in [0.1, 0.15) is 0 Å². The number of carbonyl (C=O) groups is 1. The highest BCUT2D eigenvalue weighted by Crippen LogP contribution is 2.45. The van der Waals surface area contributed by atoms with Crippen molar-refractivity contribution in [3.8, 4) is 6.07 Å². The summed E-state index contributed by atoms with van der Waals surface area (Å²) in [5.41, 5.74) is -1.47. The van der Waals surface area contributed by atoms with Gasteiger partial charge in [0, 0.05) is 43.2 Å². The number of halogens is 3. The molecule has 0 aromatic heterocycles. The van der Waals surface area contributed by atoms with E-state index in [1.54, 1.807) is 6.07 Å². The molecule has 5 nitrogen and oxygen atoms in total. The molecule has 1 amide bonds. The number of amides is 1. The van der Waals surface area contributed by atoms with Crippen molar-refractivity contribution in [2.75, 3.05) is 37.7 Å². The van der Waals surface area contributed by atoms with Gasteiger partial charge < -0.3 is 14.9 Å². The first-order valence-corrected chi connectivity index (χ1v) is 10.5. The first-order valence-electron chi connectivity index (χ1n) is 10.5. The molecule has 2 saturated heterocycles. The Morgan fingerprint density at radius 3 is 2.60 bits per heavy atom. The molecule has 0 unspecified atom stereocenters. The molecule has 8 heteroatoms. The fourth-order valence-electron chi connectivity index (χ4n) is 5.49. The Kier molecular flexibility index (Phi) is 5.43. The van der Waals surface area contributed by atoms with Crippen LogP contribution < -0.4 is 4.90 Å². The number of piperidine rings is 1. The number of aliphatic hydroxyl groups excluding tert-OH is 1. The molecule has 1 aliphatic carbocycles. The fraction of sp³-hybridized carbons (Fsp3) is 0.636. The molecule has 0 radical (unpaired) electrons. The number of likely N-dealkylation sites (tertiary alicyclic amines) is 1. The Bertz CT molecular complexity index is 860. The molecule has 1 aromatic carbocycles. The minimum atomic E-state index is -4.61. The van der Waals surface area contributed by atoms with E-state index in [2.05, 4.69) is 0 Å². The Morgan fingerprint density at radius 1 is 1.23 bits per heavy atom. The van der Waals surface area contributed by atoms with Gasteiger partial charge >= 0.3 is 6.18 Å². The zero-order chi connectivity index (χ0) is 21.5. The zero-order valence-corrected chi connectivity index (χ0v) is 16.8. The minimum Gasteiger partial charge on any atom is -0.396 e. The second kappa shape index (κ2) is 7.77. The van der Waals surface area contributed by atoms with Gasteiger partial charge in [-0.1, -0.05) is 12.8 Å². The van der Waals surface area contributed by atoms with Gasteiger partial charge in [-0.25, -0.2) is 0 Å². The van der Waals surface area contributed by atoms with Gasteiger partial charge in [0.05, 0.1) is 23.8 Å². The van der Waals surface area contributed by atoms with Crippen molar-refractivity contribution in [1.29, 1.82) is 5.26 Å². The van der Waals surface area contributed by atoms with Crippen molar-refractivity contribution in [1.82, 2.24) is 4.90 Å². The molecule has 30 heavy (non-hydrogen) atoms. The van der Waals surface area contributed by atoms with Crippen molar-refractivity contribution in [3.63, 3.8) is 0 Å². The van der Waals surface area contributed by atoms with Crippen LogP contribution in [-0.2, 0) is 11.0 Å². The second-order valence-electron chi connectivity index (χ2n) is 8.97. The van der Waals surface area contributed by atoms with E-state index in [0.717, 1.165) is 31.7 Å². The third-order valence-electron chi connectivity index (χ3n) is 7.19. The predicted molar refractivity (Wildman–Crippen MR) is 105 cm³/mol. The number of fused-ring (bicyclic) bond motifs is 1. The average Bonchev–Trinajstić information content (AvgIpc) is 3.40. The van der Waals surface area contributed by atoms with Crippen LogP contribution in [0.1, 0.15) is 43.2 Å². The van der Waals surface area contributed by atoms with E-state index in [1.165, 1.54) is 12.1 Å². The summed E-state index contributed by atoms with van der Waals surface area (Å²) in [5, 5.41) is 19.3. The summed E-state index contributed by atoms with van der Waals surface area (Å²) in [7, 11) is 0. The van der Waals surface area contributed by atoms with Crippen molar-refractivity contribution >= 4 is 11.6 Å². The smallest absolute Gasteiger partial charge is 0.396 e. The number of anilines is 1. The first-order chi connectivity index (χ1) is 14.3. The minimum absolute atomic E-state index is 0.0740. The van der Waals surface area contributed by atoms with E-state index in [-0.39, 0.29) is 24.3 Å². The first kappa shape index (κ1) is 21.0. The predicted octanol–water partition coefficient (Wildman–Crippen LogP) is 3.41. The number of hydrogen-bond donors (Lipinski definition) is 1. The summed E-state index contributed by atoms with van der Waals surface area (Å²) in [6.07, 6.45) is 0.0926. The highest BCUT2D eigenvalue weighted by atomic mass is 19.4.